The largest absolute Gasteiger partial charge is 0.326 e. The van der Waals surface area contributed by atoms with Crippen molar-refractivity contribution in [2.75, 3.05) is 16.8 Å². The highest BCUT2D eigenvalue weighted by atomic mass is 16.2. The zero-order valence-corrected chi connectivity index (χ0v) is 15.9. The van der Waals surface area contributed by atoms with Crippen molar-refractivity contribution in [2.24, 2.45) is 5.92 Å². The molecule has 0 aliphatic carbocycles. The van der Waals surface area contributed by atoms with Crippen LogP contribution in [0.5, 0.6) is 0 Å². The second-order valence-electron chi connectivity index (χ2n) is 8.06. The van der Waals surface area contributed by atoms with Gasteiger partial charge in [-0.05, 0) is 47.7 Å². The Balaban J connectivity index is 1.69. The number of hydrogen-bond acceptors (Lipinski definition) is 2. The van der Waals surface area contributed by atoms with Crippen LogP contribution in [-0.2, 0) is 15.0 Å². The highest BCUT2D eigenvalue weighted by Gasteiger charge is 2.35. The predicted octanol–water partition coefficient (Wildman–Crippen LogP) is 4.28. The number of carbonyl (C=O) groups is 2. The summed E-state index contributed by atoms with van der Waals surface area (Å²) in [5, 5.41) is 2.93. The van der Waals surface area contributed by atoms with Crippen LogP contribution in [0.25, 0.3) is 0 Å². The number of anilines is 2. The molecule has 1 unspecified atom stereocenters. The molecule has 1 N–H and O–H groups in total. The number of nitrogens with zero attached hydrogens (tertiary/aromatic N) is 1. The van der Waals surface area contributed by atoms with Crippen LogP contribution in [-0.4, -0.2) is 18.4 Å². The Morgan fingerprint density at radius 2 is 1.81 bits per heavy atom. The lowest BCUT2D eigenvalue weighted by molar-refractivity contribution is -0.122. The van der Waals surface area contributed by atoms with Gasteiger partial charge in [0.1, 0.15) is 0 Å². The van der Waals surface area contributed by atoms with Crippen LogP contribution < -0.4 is 10.2 Å². The van der Waals surface area contributed by atoms with Crippen molar-refractivity contribution in [3.8, 4) is 0 Å². The molecule has 1 aliphatic rings. The van der Waals surface area contributed by atoms with E-state index in [9.17, 15) is 9.59 Å². The molecule has 0 bridgehead atoms. The van der Waals surface area contributed by atoms with E-state index in [4.69, 9.17) is 0 Å². The highest BCUT2D eigenvalue weighted by Crippen LogP contribution is 2.29. The minimum absolute atomic E-state index is 0.00194. The highest BCUT2D eigenvalue weighted by molar-refractivity contribution is 6.03. The first-order valence-corrected chi connectivity index (χ1v) is 9.02. The van der Waals surface area contributed by atoms with Crippen molar-refractivity contribution < 1.29 is 9.59 Å². The maximum absolute atomic E-state index is 12.5. The molecule has 2 amide bonds. The van der Waals surface area contributed by atoms with Gasteiger partial charge >= 0.3 is 0 Å². The van der Waals surface area contributed by atoms with E-state index in [1.54, 1.807) is 4.90 Å². The molecule has 2 aromatic rings. The van der Waals surface area contributed by atoms with Gasteiger partial charge in [-0.15, -0.1) is 0 Å². The molecule has 4 heteroatoms. The average molecular weight is 350 g/mol. The standard InChI is InChI=1S/C22H26N2O2/c1-15-6-5-7-18(12-15)23-21(26)16-13-20(25)24(14-16)19-10-8-17(9-11-19)22(2,3)4/h5-12,16H,13-14H2,1-4H3,(H,23,26). The summed E-state index contributed by atoms with van der Waals surface area (Å²) in [6.45, 7) is 8.89. The van der Waals surface area contributed by atoms with Gasteiger partial charge in [0, 0.05) is 24.3 Å². The van der Waals surface area contributed by atoms with Crippen LogP contribution in [0, 0.1) is 12.8 Å². The van der Waals surface area contributed by atoms with E-state index in [1.807, 2.05) is 43.3 Å². The summed E-state index contributed by atoms with van der Waals surface area (Å²) in [7, 11) is 0. The number of rotatable bonds is 3. The van der Waals surface area contributed by atoms with Gasteiger partial charge in [0.25, 0.3) is 0 Å². The smallest absolute Gasteiger partial charge is 0.229 e. The minimum Gasteiger partial charge on any atom is -0.326 e. The summed E-state index contributed by atoms with van der Waals surface area (Å²) in [6, 6.07) is 15.7. The lowest BCUT2D eigenvalue weighted by Gasteiger charge is -2.21. The van der Waals surface area contributed by atoms with Crippen molar-refractivity contribution in [3.63, 3.8) is 0 Å². The summed E-state index contributed by atoms with van der Waals surface area (Å²) >= 11 is 0. The normalized spacial score (nSPS) is 17.5. The fourth-order valence-electron chi connectivity index (χ4n) is 3.24. The van der Waals surface area contributed by atoms with E-state index in [1.165, 1.54) is 5.56 Å². The third-order valence-electron chi connectivity index (χ3n) is 4.83. The van der Waals surface area contributed by atoms with Gasteiger partial charge in [-0.2, -0.15) is 0 Å². The lowest BCUT2D eigenvalue weighted by Crippen LogP contribution is -2.28. The molecule has 1 fully saturated rings. The topological polar surface area (TPSA) is 49.4 Å². The Kier molecular flexibility index (Phi) is 4.86. The van der Waals surface area contributed by atoms with Crippen LogP contribution in [0.3, 0.4) is 0 Å². The zero-order valence-electron chi connectivity index (χ0n) is 15.9. The van der Waals surface area contributed by atoms with Crippen molar-refractivity contribution in [2.45, 2.75) is 39.5 Å². The fourth-order valence-corrected chi connectivity index (χ4v) is 3.24. The second kappa shape index (κ2) is 6.94. The number of benzene rings is 2. The Morgan fingerprint density at radius 3 is 2.42 bits per heavy atom. The molecule has 1 aliphatic heterocycles. The fraction of sp³-hybridized carbons (Fsp3) is 0.364. The number of nitrogens with one attached hydrogen (secondary N) is 1. The van der Waals surface area contributed by atoms with Gasteiger partial charge in [0.15, 0.2) is 0 Å². The van der Waals surface area contributed by atoms with E-state index < -0.39 is 0 Å². The van der Waals surface area contributed by atoms with Crippen LogP contribution in [0.15, 0.2) is 48.5 Å². The second-order valence-corrected chi connectivity index (χ2v) is 8.06. The van der Waals surface area contributed by atoms with Crippen molar-refractivity contribution >= 4 is 23.2 Å². The van der Waals surface area contributed by atoms with Crippen LogP contribution >= 0.6 is 0 Å². The molecule has 1 atom stereocenters. The Hall–Kier alpha value is -2.62. The summed E-state index contributed by atoms with van der Waals surface area (Å²) in [5.41, 5.74) is 4.01. The zero-order chi connectivity index (χ0) is 18.9. The molecule has 4 nitrogen and oxygen atoms in total. The maximum atomic E-state index is 12.5. The first-order valence-electron chi connectivity index (χ1n) is 9.02. The van der Waals surface area contributed by atoms with Gasteiger partial charge < -0.3 is 10.2 Å². The van der Waals surface area contributed by atoms with E-state index in [0.717, 1.165) is 16.9 Å². The van der Waals surface area contributed by atoms with Gasteiger partial charge in [0.2, 0.25) is 11.8 Å². The van der Waals surface area contributed by atoms with E-state index >= 15 is 0 Å². The number of carbonyl (C=O) groups excluding carboxylic acids is 2. The monoisotopic (exact) mass is 350 g/mol. The third kappa shape index (κ3) is 3.96. The number of hydrogen-bond donors (Lipinski definition) is 1. The molecular weight excluding hydrogens is 324 g/mol. The average Bonchev–Trinajstić information content (AvgIpc) is 2.96. The Morgan fingerprint density at radius 1 is 1.12 bits per heavy atom. The van der Waals surface area contributed by atoms with Crippen molar-refractivity contribution in [1.29, 1.82) is 0 Å². The molecule has 1 saturated heterocycles. The van der Waals surface area contributed by atoms with Crippen LogP contribution in [0.4, 0.5) is 11.4 Å². The van der Waals surface area contributed by atoms with Gasteiger partial charge in [-0.1, -0.05) is 45.0 Å². The predicted molar refractivity (Wildman–Crippen MR) is 105 cm³/mol. The molecular formula is C22H26N2O2. The molecule has 26 heavy (non-hydrogen) atoms. The summed E-state index contributed by atoms with van der Waals surface area (Å²) in [5.74, 6) is -0.430. The molecule has 0 saturated carbocycles. The van der Waals surface area contributed by atoms with Gasteiger partial charge in [-0.3, -0.25) is 9.59 Å². The van der Waals surface area contributed by atoms with Gasteiger partial charge in [0.05, 0.1) is 5.92 Å². The minimum atomic E-state index is -0.328. The molecule has 3 rings (SSSR count). The molecule has 2 aromatic carbocycles. The summed E-state index contributed by atoms with van der Waals surface area (Å²) < 4.78 is 0. The van der Waals surface area contributed by atoms with Crippen LogP contribution in [0.2, 0.25) is 0 Å². The number of amides is 2. The van der Waals surface area contributed by atoms with E-state index in [-0.39, 0.29) is 29.6 Å². The lowest BCUT2D eigenvalue weighted by atomic mass is 9.87. The van der Waals surface area contributed by atoms with Crippen LogP contribution in [0.1, 0.15) is 38.3 Å². The summed E-state index contributed by atoms with van der Waals surface area (Å²) in [4.78, 5) is 26.7. The molecule has 1 heterocycles. The molecule has 0 aromatic heterocycles. The van der Waals surface area contributed by atoms with Gasteiger partial charge in [-0.25, -0.2) is 0 Å². The van der Waals surface area contributed by atoms with Crippen molar-refractivity contribution in [3.05, 3.63) is 59.7 Å². The van der Waals surface area contributed by atoms with E-state index in [2.05, 4.69) is 38.2 Å². The molecule has 0 spiro atoms. The Bertz CT molecular complexity index is 819. The van der Waals surface area contributed by atoms with E-state index in [0.29, 0.717) is 6.54 Å². The summed E-state index contributed by atoms with van der Waals surface area (Å²) in [6.07, 6.45) is 0.249. The molecule has 136 valence electrons. The first kappa shape index (κ1) is 18.2. The first-order chi connectivity index (χ1) is 12.2. The molecule has 0 radical (unpaired) electrons. The third-order valence-corrected chi connectivity index (χ3v) is 4.83. The number of aryl methyl sites for hydroxylation is 1. The van der Waals surface area contributed by atoms with Crippen molar-refractivity contribution in [1.82, 2.24) is 0 Å². The SMILES string of the molecule is Cc1cccc(NC(=O)C2CC(=O)N(c3ccc(C(C)(C)C)cc3)C2)c1. The Labute approximate surface area is 155 Å². The maximum Gasteiger partial charge on any atom is 0.229 e. The quantitative estimate of drug-likeness (QED) is 0.898.